The van der Waals surface area contributed by atoms with Gasteiger partial charge in [0.15, 0.2) is 17.3 Å². The lowest BCUT2D eigenvalue weighted by Crippen LogP contribution is -2.37. The quantitative estimate of drug-likeness (QED) is 0.210. The molecule has 3 heterocycles. The first-order valence-electron chi connectivity index (χ1n) is 15.1. The number of halogens is 1. The maximum absolute atomic E-state index is 15.2. The van der Waals surface area contributed by atoms with Crippen LogP contribution in [0.5, 0.6) is 11.5 Å². The van der Waals surface area contributed by atoms with Gasteiger partial charge in [0, 0.05) is 30.8 Å². The fraction of sp³-hybridized carbons (Fsp3) is 0.353. The molecule has 3 aromatic carbocycles. The summed E-state index contributed by atoms with van der Waals surface area (Å²) in [5.41, 5.74) is 3.45. The van der Waals surface area contributed by atoms with Crippen LogP contribution in [0, 0.1) is 12.7 Å². The van der Waals surface area contributed by atoms with Crippen LogP contribution < -0.4 is 15.0 Å². The van der Waals surface area contributed by atoms with Gasteiger partial charge in [-0.1, -0.05) is 42.5 Å². The molecule has 0 unspecified atom stereocenters. The number of fused-ring (bicyclic) bond motifs is 1. The molecule has 0 radical (unpaired) electrons. The van der Waals surface area contributed by atoms with Crippen molar-refractivity contribution in [2.75, 3.05) is 27.4 Å². The molecule has 1 fully saturated rings. The lowest BCUT2D eigenvalue weighted by Gasteiger charge is -2.31. The van der Waals surface area contributed by atoms with Crippen molar-refractivity contribution in [1.29, 1.82) is 0 Å². The van der Waals surface area contributed by atoms with Crippen LogP contribution in [0.4, 0.5) is 4.39 Å². The van der Waals surface area contributed by atoms with Gasteiger partial charge in [0.1, 0.15) is 11.9 Å². The number of nitrogens with zero attached hydrogens (tertiary/aromatic N) is 5. The average Bonchev–Trinajstić information content (AvgIpc) is 3.74. The molecule has 45 heavy (non-hydrogen) atoms. The number of para-hydroxylation sites is 1. The Balaban J connectivity index is 1.47. The summed E-state index contributed by atoms with van der Waals surface area (Å²) in [5, 5.41) is 13.8. The topological polar surface area (TPSA) is 107 Å². The van der Waals surface area contributed by atoms with Crippen LogP contribution in [0.3, 0.4) is 0 Å². The van der Waals surface area contributed by atoms with E-state index >= 15 is 4.39 Å². The number of hydrogen-bond donors (Lipinski definition) is 1. The van der Waals surface area contributed by atoms with Crippen molar-refractivity contribution in [3.05, 3.63) is 111 Å². The molecule has 0 aliphatic carbocycles. The molecule has 1 saturated heterocycles. The van der Waals surface area contributed by atoms with Crippen LogP contribution in [0.15, 0.2) is 71.5 Å². The highest BCUT2D eigenvalue weighted by atomic mass is 19.1. The molecular weight excluding hydrogens is 575 g/mol. The Morgan fingerprint density at radius 3 is 2.71 bits per heavy atom. The summed E-state index contributed by atoms with van der Waals surface area (Å²) in [6, 6.07) is 19.6. The number of tetrazole rings is 1. The van der Waals surface area contributed by atoms with Gasteiger partial charge in [-0.05, 0) is 77.4 Å². The minimum atomic E-state index is -0.699. The van der Waals surface area contributed by atoms with Crippen molar-refractivity contribution in [3.63, 3.8) is 0 Å². The zero-order chi connectivity index (χ0) is 31.3. The second-order valence-corrected chi connectivity index (χ2v) is 11.4. The normalized spacial score (nSPS) is 15.5. The first-order chi connectivity index (χ1) is 21.9. The number of pyridine rings is 1. The van der Waals surface area contributed by atoms with E-state index in [0.29, 0.717) is 54.6 Å². The first kappa shape index (κ1) is 30.4. The van der Waals surface area contributed by atoms with E-state index in [1.165, 1.54) is 6.07 Å². The molecule has 0 bridgehead atoms. The monoisotopic (exact) mass is 612 g/mol. The average molecular weight is 613 g/mol. The lowest BCUT2D eigenvalue weighted by atomic mass is 10.00. The van der Waals surface area contributed by atoms with E-state index in [1.807, 2.05) is 55.5 Å². The molecule has 234 valence electrons. The number of hydrogen-bond acceptors (Lipinski definition) is 8. The standard InChI is InChI=1S/C34H37FN6O4/c1-22-8-6-10-24-19-27(34(42)36-31(22)24)32(33-37-38-39-41(33)21-26-11-7-17-45-26)40(20-25-9-4-5-12-28(25)35)16-15-23-13-14-29(43-2)30(18-23)44-3/h4-6,8-10,12-14,18-19,26,32H,7,11,15-17,20-21H2,1-3H3,(H,36,42)/t26-,32-/m1/s1. The third kappa shape index (κ3) is 6.59. The number of methoxy groups -OCH3 is 2. The summed E-state index contributed by atoms with van der Waals surface area (Å²) in [6.45, 7) is 3.77. The largest absolute Gasteiger partial charge is 0.493 e. The zero-order valence-corrected chi connectivity index (χ0v) is 25.7. The highest BCUT2D eigenvalue weighted by Crippen LogP contribution is 2.32. The van der Waals surface area contributed by atoms with E-state index < -0.39 is 6.04 Å². The number of nitrogens with one attached hydrogen (secondary N) is 1. The molecule has 1 aliphatic heterocycles. The second kappa shape index (κ2) is 13.6. The summed E-state index contributed by atoms with van der Waals surface area (Å²) in [5.74, 6) is 1.42. The maximum Gasteiger partial charge on any atom is 0.253 e. The van der Waals surface area contributed by atoms with Crippen molar-refractivity contribution in [2.45, 2.75) is 51.4 Å². The van der Waals surface area contributed by atoms with Gasteiger partial charge in [-0.25, -0.2) is 9.07 Å². The van der Waals surface area contributed by atoms with Crippen molar-refractivity contribution in [3.8, 4) is 11.5 Å². The summed E-state index contributed by atoms with van der Waals surface area (Å²) < 4.78 is 33.8. The number of H-pyrrole nitrogens is 1. The predicted molar refractivity (Wildman–Crippen MR) is 168 cm³/mol. The number of benzene rings is 3. The minimum Gasteiger partial charge on any atom is -0.493 e. The van der Waals surface area contributed by atoms with Crippen LogP contribution >= 0.6 is 0 Å². The number of aromatic amines is 1. The third-order valence-corrected chi connectivity index (χ3v) is 8.45. The van der Waals surface area contributed by atoms with Crippen LogP contribution in [-0.4, -0.2) is 63.6 Å². The zero-order valence-electron chi connectivity index (χ0n) is 25.7. The molecular formula is C34H37FN6O4. The number of aryl methyl sites for hydroxylation is 1. The van der Waals surface area contributed by atoms with E-state index in [1.54, 1.807) is 31.0 Å². The Labute approximate surface area is 260 Å². The molecule has 10 nitrogen and oxygen atoms in total. The fourth-order valence-corrected chi connectivity index (χ4v) is 6.07. The van der Waals surface area contributed by atoms with Crippen molar-refractivity contribution in [1.82, 2.24) is 30.1 Å². The molecule has 0 amide bonds. The van der Waals surface area contributed by atoms with E-state index in [4.69, 9.17) is 14.2 Å². The Bertz CT molecular complexity index is 1830. The van der Waals surface area contributed by atoms with Crippen LogP contribution in [0.25, 0.3) is 10.9 Å². The van der Waals surface area contributed by atoms with Crippen molar-refractivity contribution < 1.29 is 18.6 Å². The van der Waals surface area contributed by atoms with Gasteiger partial charge in [-0.3, -0.25) is 9.69 Å². The smallest absolute Gasteiger partial charge is 0.253 e. The van der Waals surface area contributed by atoms with Gasteiger partial charge >= 0.3 is 0 Å². The van der Waals surface area contributed by atoms with Gasteiger partial charge in [-0.2, -0.15) is 0 Å². The van der Waals surface area contributed by atoms with Crippen molar-refractivity contribution in [2.24, 2.45) is 0 Å². The Morgan fingerprint density at radius 2 is 1.93 bits per heavy atom. The summed E-state index contributed by atoms with van der Waals surface area (Å²) in [6.07, 6.45) is 2.42. The van der Waals surface area contributed by atoms with E-state index in [-0.39, 0.29) is 24.0 Å². The summed E-state index contributed by atoms with van der Waals surface area (Å²) in [4.78, 5) is 19.1. The number of rotatable bonds is 12. The van der Waals surface area contributed by atoms with E-state index in [2.05, 4.69) is 25.4 Å². The van der Waals surface area contributed by atoms with Gasteiger partial charge < -0.3 is 19.2 Å². The molecule has 2 atom stereocenters. The van der Waals surface area contributed by atoms with E-state index in [0.717, 1.165) is 34.9 Å². The predicted octanol–water partition coefficient (Wildman–Crippen LogP) is 4.99. The maximum atomic E-state index is 15.2. The van der Waals surface area contributed by atoms with Gasteiger partial charge in [-0.15, -0.1) is 5.10 Å². The Morgan fingerprint density at radius 1 is 1.09 bits per heavy atom. The molecule has 2 aromatic heterocycles. The SMILES string of the molecule is COc1ccc(CCN(Cc2ccccc2F)[C@H](c2cc3cccc(C)c3[nH]c2=O)c2nnnn2C[C@H]2CCCO2)cc1OC. The molecule has 0 spiro atoms. The van der Waals surface area contributed by atoms with E-state index in [9.17, 15) is 4.79 Å². The number of aromatic nitrogens is 5. The van der Waals surface area contributed by atoms with Crippen LogP contribution in [-0.2, 0) is 24.2 Å². The molecule has 0 saturated carbocycles. The second-order valence-electron chi connectivity index (χ2n) is 11.4. The van der Waals surface area contributed by atoms with Gasteiger partial charge in [0.25, 0.3) is 5.56 Å². The molecule has 5 aromatic rings. The fourth-order valence-electron chi connectivity index (χ4n) is 6.07. The lowest BCUT2D eigenvalue weighted by molar-refractivity contribution is 0.0906. The highest BCUT2D eigenvalue weighted by Gasteiger charge is 2.32. The molecule has 1 N–H and O–H groups in total. The van der Waals surface area contributed by atoms with Crippen LogP contribution in [0.1, 0.15) is 47.0 Å². The van der Waals surface area contributed by atoms with Gasteiger partial charge in [0.2, 0.25) is 0 Å². The Kier molecular flexibility index (Phi) is 9.18. The summed E-state index contributed by atoms with van der Waals surface area (Å²) in [7, 11) is 3.20. The van der Waals surface area contributed by atoms with Crippen molar-refractivity contribution >= 4 is 10.9 Å². The third-order valence-electron chi connectivity index (χ3n) is 8.45. The Hall–Kier alpha value is -4.61. The minimum absolute atomic E-state index is 0.0304. The van der Waals surface area contributed by atoms with Crippen LogP contribution in [0.2, 0.25) is 0 Å². The number of ether oxygens (including phenoxy) is 3. The highest BCUT2D eigenvalue weighted by molar-refractivity contribution is 5.82. The molecule has 11 heteroatoms. The molecule has 1 aliphatic rings. The molecule has 6 rings (SSSR count). The first-order valence-corrected chi connectivity index (χ1v) is 15.1. The summed E-state index contributed by atoms with van der Waals surface area (Å²) >= 11 is 0. The van der Waals surface area contributed by atoms with Gasteiger partial charge in [0.05, 0.1) is 32.4 Å².